The van der Waals surface area contributed by atoms with Crippen LogP contribution in [0.1, 0.15) is 50.2 Å². The lowest BCUT2D eigenvalue weighted by Gasteiger charge is -2.04. The monoisotopic (exact) mass is 246 g/mol. The van der Waals surface area contributed by atoms with Crippen molar-refractivity contribution in [2.24, 2.45) is 5.92 Å². The molecule has 2 heteroatoms. The maximum Gasteiger partial charge on any atom is 0.309 e. The van der Waals surface area contributed by atoms with Crippen LogP contribution in [0.4, 0.5) is 0 Å². The molecule has 18 heavy (non-hydrogen) atoms. The quantitative estimate of drug-likeness (QED) is 0.715. The minimum absolute atomic E-state index is 0.0300. The van der Waals surface area contributed by atoms with Crippen molar-refractivity contribution in [1.29, 1.82) is 0 Å². The van der Waals surface area contributed by atoms with Crippen molar-refractivity contribution in [2.45, 2.75) is 45.4 Å². The Morgan fingerprint density at radius 2 is 2.00 bits per heavy atom. The normalized spacial score (nSPS) is 21.7. The summed E-state index contributed by atoms with van der Waals surface area (Å²) in [4.78, 5) is 11.6. The molecule has 2 nitrogen and oxygen atoms in total. The topological polar surface area (TPSA) is 26.3 Å². The molecular weight excluding hydrogens is 224 g/mol. The zero-order valence-corrected chi connectivity index (χ0v) is 11.3. The number of hydrogen-bond acceptors (Lipinski definition) is 2. The lowest BCUT2D eigenvalue weighted by molar-refractivity contribution is -0.144. The molecule has 0 aromatic heterocycles. The maximum atomic E-state index is 11.6. The molecule has 1 aromatic carbocycles. The van der Waals surface area contributed by atoms with Gasteiger partial charge < -0.3 is 4.74 Å². The van der Waals surface area contributed by atoms with Crippen LogP contribution in [-0.4, -0.2) is 12.6 Å². The Morgan fingerprint density at radius 1 is 1.28 bits per heavy atom. The maximum absolute atomic E-state index is 11.6. The average molecular weight is 246 g/mol. The van der Waals surface area contributed by atoms with Crippen LogP contribution in [-0.2, 0) is 16.0 Å². The van der Waals surface area contributed by atoms with Crippen molar-refractivity contribution >= 4 is 5.97 Å². The summed E-state index contributed by atoms with van der Waals surface area (Å²) in [6.07, 6.45) is 4.58. The van der Waals surface area contributed by atoms with Gasteiger partial charge in [0.2, 0.25) is 0 Å². The first-order chi connectivity index (χ1) is 8.76. The predicted octanol–water partition coefficient (Wildman–Crippen LogP) is 3.70. The molecule has 1 aromatic rings. The summed E-state index contributed by atoms with van der Waals surface area (Å²) in [6.45, 7) is 4.55. The van der Waals surface area contributed by atoms with Crippen molar-refractivity contribution < 1.29 is 9.53 Å². The van der Waals surface area contributed by atoms with Crippen LogP contribution < -0.4 is 0 Å². The van der Waals surface area contributed by atoms with Gasteiger partial charge in [0.25, 0.3) is 0 Å². The van der Waals surface area contributed by atoms with E-state index in [1.165, 1.54) is 24.0 Å². The third-order valence-corrected chi connectivity index (χ3v) is 3.61. The molecule has 98 valence electrons. The number of ether oxygens (including phenoxy) is 1. The first kappa shape index (κ1) is 13.1. The number of esters is 1. The zero-order chi connectivity index (χ0) is 13.0. The van der Waals surface area contributed by atoms with Crippen molar-refractivity contribution in [1.82, 2.24) is 0 Å². The number of rotatable bonds is 6. The lowest BCUT2D eigenvalue weighted by Crippen LogP contribution is -2.07. The van der Waals surface area contributed by atoms with Gasteiger partial charge in [0.15, 0.2) is 0 Å². The molecule has 2 atom stereocenters. The van der Waals surface area contributed by atoms with E-state index in [1.807, 2.05) is 6.92 Å². The van der Waals surface area contributed by atoms with Gasteiger partial charge in [0, 0.05) is 0 Å². The number of carbonyl (C=O) groups excluding carboxylic acids is 1. The molecule has 0 N–H and O–H groups in total. The fraction of sp³-hybridized carbons (Fsp3) is 0.562. The third kappa shape index (κ3) is 3.12. The van der Waals surface area contributed by atoms with E-state index in [-0.39, 0.29) is 11.9 Å². The van der Waals surface area contributed by atoms with Gasteiger partial charge in [0.1, 0.15) is 0 Å². The Bertz CT molecular complexity index is 394. The molecule has 0 saturated heterocycles. The van der Waals surface area contributed by atoms with E-state index in [9.17, 15) is 4.79 Å². The minimum Gasteiger partial charge on any atom is -0.466 e. The van der Waals surface area contributed by atoms with Crippen LogP contribution in [0.25, 0.3) is 0 Å². The minimum atomic E-state index is -0.0300. The highest BCUT2D eigenvalue weighted by molar-refractivity contribution is 5.77. The number of aryl methyl sites for hydroxylation is 1. The molecule has 0 unspecified atom stereocenters. The number of unbranched alkanes of at least 4 members (excludes halogenated alkanes) is 1. The highest BCUT2D eigenvalue weighted by Gasteiger charge is 2.44. The van der Waals surface area contributed by atoms with Crippen molar-refractivity contribution in [3.63, 3.8) is 0 Å². The van der Waals surface area contributed by atoms with Gasteiger partial charge >= 0.3 is 5.97 Å². The molecule has 0 spiro atoms. The summed E-state index contributed by atoms with van der Waals surface area (Å²) in [7, 11) is 0. The van der Waals surface area contributed by atoms with Crippen LogP contribution in [0.5, 0.6) is 0 Å². The lowest BCUT2D eigenvalue weighted by atomic mass is 10.0. The summed E-state index contributed by atoms with van der Waals surface area (Å²) in [5, 5.41) is 0. The third-order valence-electron chi connectivity index (χ3n) is 3.61. The Balaban J connectivity index is 1.90. The van der Waals surface area contributed by atoms with Crippen molar-refractivity contribution in [3.8, 4) is 0 Å². The summed E-state index contributed by atoms with van der Waals surface area (Å²) >= 11 is 0. The van der Waals surface area contributed by atoms with Gasteiger partial charge in [-0.15, -0.1) is 0 Å². The molecule has 1 fully saturated rings. The molecule has 0 radical (unpaired) electrons. The van der Waals surface area contributed by atoms with E-state index in [4.69, 9.17) is 4.74 Å². The summed E-state index contributed by atoms with van der Waals surface area (Å²) in [6, 6.07) is 8.75. The van der Waals surface area contributed by atoms with Crippen LogP contribution in [0.2, 0.25) is 0 Å². The zero-order valence-electron chi connectivity index (χ0n) is 11.3. The standard InChI is InChI=1S/C16H22O2/c1-3-5-6-12-7-9-13(10-8-12)14-11-15(14)16(17)18-4-2/h7-10,14-15H,3-6,11H2,1-2H3/t14-,15+/m1/s1. The molecule has 0 heterocycles. The number of hydrogen-bond donors (Lipinski definition) is 0. The molecule has 2 rings (SSSR count). The molecule has 0 amide bonds. The van der Waals surface area contributed by atoms with E-state index in [1.54, 1.807) is 0 Å². The van der Waals surface area contributed by atoms with Crippen LogP contribution in [0.3, 0.4) is 0 Å². The van der Waals surface area contributed by atoms with Gasteiger partial charge in [-0.3, -0.25) is 4.79 Å². The van der Waals surface area contributed by atoms with Crippen LogP contribution in [0, 0.1) is 5.92 Å². The van der Waals surface area contributed by atoms with E-state index >= 15 is 0 Å². The summed E-state index contributed by atoms with van der Waals surface area (Å²) < 4.78 is 5.06. The Labute approximate surface area is 109 Å². The fourth-order valence-corrected chi connectivity index (χ4v) is 2.39. The second kappa shape index (κ2) is 6.03. The number of benzene rings is 1. The van der Waals surface area contributed by atoms with Gasteiger partial charge in [-0.05, 0) is 43.2 Å². The summed E-state index contributed by atoms with van der Waals surface area (Å²) in [5.74, 6) is 0.466. The highest BCUT2D eigenvalue weighted by atomic mass is 16.5. The first-order valence-electron chi connectivity index (χ1n) is 7.01. The Hall–Kier alpha value is -1.31. The average Bonchev–Trinajstić information content (AvgIpc) is 3.17. The second-order valence-corrected chi connectivity index (χ2v) is 5.05. The Kier molecular flexibility index (Phi) is 4.40. The number of carbonyl (C=O) groups is 1. The van der Waals surface area contributed by atoms with E-state index < -0.39 is 0 Å². The van der Waals surface area contributed by atoms with Crippen LogP contribution >= 0.6 is 0 Å². The first-order valence-corrected chi connectivity index (χ1v) is 7.01. The molecule has 1 aliphatic rings. The van der Waals surface area contributed by atoms with Crippen molar-refractivity contribution in [2.75, 3.05) is 6.61 Å². The molecule has 0 aliphatic heterocycles. The van der Waals surface area contributed by atoms with E-state index in [0.717, 1.165) is 12.8 Å². The van der Waals surface area contributed by atoms with Gasteiger partial charge in [-0.25, -0.2) is 0 Å². The van der Waals surface area contributed by atoms with Crippen molar-refractivity contribution in [3.05, 3.63) is 35.4 Å². The van der Waals surface area contributed by atoms with Gasteiger partial charge in [-0.1, -0.05) is 37.6 Å². The molecule has 1 aliphatic carbocycles. The second-order valence-electron chi connectivity index (χ2n) is 5.05. The predicted molar refractivity (Wildman–Crippen MR) is 72.5 cm³/mol. The van der Waals surface area contributed by atoms with Crippen LogP contribution in [0.15, 0.2) is 24.3 Å². The summed E-state index contributed by atoms with van der Waals surface area (Å²) in [5.41, 5.74) is 2.68. The molecular formula is C16H22O2. The van der Waals surface area contributed by atoms with Gasteiger partial charge in [-0.2, -0.15) is 0 Å². The smallest absolute Gasteiger partial charge is 0.309 e. The highest BCUT2D eigenvalue weighted by Crippen LogP contribution is 2.48. The van der Waals surface area contributed by atoms with E-state index in [2.05, 4.69) is 31.2 Å². The Morgan fingerprint density at radius 3 is 2.61 bits per heavy atom. The fourth-order valence-electron chi connectivity index (χ4n) is 2.39. The van der Waals surface area contributed by atoms with Gasteiger partial charge in [0.05, 0.1) is 12.5 Å². The molecule has 0 bridgehead atoms. The largest absolute Gasteiger partial charge is 0.466 e. The van der Waals surface area contributed by atoms with E-state index in [0.29, 0.717) is 12.5 Å². The molecule has 1 saturated carbocycles. The SMILES string of the molecule is CCCCc1ccc([C@H]2C[C@@H]2C(=O)OCC)cc1.